The van der Waals surface area contributed by atoms with Gasteiger partial charge in [0.05, 0.1) is 22.6 Å². The quantitative estimate of drug-likeness (QED) is 0.800. The second kappa shape index (κ2) is 5.91. The fraction of sp³-hybridized carbons (Fsp3) is 0.471. The number of fused-ring (bicyclic) bond motifs is 2. The Labute approximate surface area is 128 Å². The average Bonchev–Trinajstić information content (AvgIpc) is 2.71. The molecule has 0 amide bonds. The normalized spacial score (nSPS) is 14.7. The van der Waals surface area contributed by atoms with Gasteiger partial charge >= 0.3 is 5.97 Å². The first-order valence-electron chi connectivity index (χ1n) is 7.81. The molecule has 0 atom stereocenters. The van der Waals surface area contributed by atoms with Crippen molar-refractivity contribution in [3.05, 3.63) is 39.9 Å². The summed E-state index contributed by atoms with van der Waals surface area (Å²) < 4.78 is 6.98. The molecule has 0 radical (unpaired) electrons. The summed E-state index contributed by atoms with van der Waals surface area (Å²) in [5, 5.41) is 0.562. The molecule has 0 aliphatic carbocycles. The van der Waals surface area contributed by atoms with Gasteiger partial charge in [-0.3, -0.25) is 9.36 Å². The van der Waals surface area contributed by atoms with E-state index in [1.165, 1.54) is 0 Å². The molecule has 0 fully saturated rings. The van der Waals surface area contributed by atoms with Crippen LogP contribution in [0.15, 0.2) is 23.0 Å². The highest BCUT2D eigenvalue weighted by molar-refractivity contribution is 5.94. The Morgan fingerprint density at radius 3 is 2.86 bits per heavy atom. The van der Waals surface area contributed by atoms with E-state index in [9.17, 15) is 9.59 Å². The van der Waals surface area contributed by atoms with Crippen LogP contribution < -0.4 is 5.56 Å². The molecule has 1 aliphatic heterocycles. The highest BCUT2D eigenvalue weighted by Gasteiger charge is 2.16. The minimum absolute atomic E-state index is 0.00863. The molecule has 116 valence electrons. The molecule has 0 bridgehead atoms. The average molecular weight is 300 g/mol. The Bertz CT molecular complexity index is 777. The van der Waals surface area contributed by atoms with E-state index in [0.717, 1.165) is 38.1 Å². The van der Waals surface area contributed by atoms with Crippen LogP contribution in [-0.4, -0.2) is 21.6 Å². The van der Waals surface area contributed by atoms with Crippen LogP contribution in [0.1, 0.15) is 49.3 Å². The van der Waals surface area contributed by atoms with Crippen molar-refractivity contribution in [2.45, 2.75) is 52.2 Å². The lowest BCUT2D eigenvalue weighted by Crippen LogP contribution is -2.24. The zero-order valence-corrected chi connectivity index (χ0v) is 13.0. The summed E-state index contributed by atoms with van der Waals surface area (Å²) in [4.78, 5) is 29.2. The van der Waals surface area contributed by atoms with Crippen molar-refractivity contribution in [2.24, 2.45) is 0 Å². The summed E-state index contributed by atoms with van der Waals surface area (Å²) in [6.45, 7) is 4.35. The van der Waals surface area contributed by atoms with Crippen molar-refractivity contribution < 1.29 is 9.53 Å². The molecule has 5 nitrogen and oxygen atoms in total. The van der Waals surface area contributed by atoms with Crippen LogP contribution >= 0.6 is 0 Å². The first-order chi connectivity index (χ1) is 10.6. The second-order valence-electron chi connectivity index (χ2n) is 5.98. The van der Waals surface area contributed by atoms with Gasteiger partial charge < -0.3 is 4.74 Å². The summed E-state index contributed by atoms with van der Waals surface area (Å²) in [5.74, 6) is 0.443. The largest absolute Gasteiger partial charge is 0.459 e. The van der Waals surface area contributed by atoms with Gasteiger partial charge in [-0.2, -0.15) is 0 Å². The van der Waals surface area contributed by atoms with Crippen LogP contribution in [0.2, 0.25) is 0 Å². The second-order valence-corrected chi connectivity index (χ2v) is 5.98. The van der Waals surface area contributed by atoms with E-state index >= 15 is 0 Å². The Kier molecular flexibility index (Phi) is 3.96. The molecule has 3 rings (SSSR count). The molecule has 22 heavy (non-hydrogen) atoms. The van der Waals surface area contributed by atoms with Gasteiger partial charge in [-0.15, -0.1) is 0 Å². The maximum Gasteiger partial charge on any atom is 0.338 e. The number of esters is 1. The van der Waals surface area contributed by atoms with Crippen LogP contribution in [-0.2, 0) is 17.7 Å². The number of aromatic nitrogens is 2. The van der Waals surface area contributed by atoms with Gasteiger partial charge in [0.2, 0.25) is 0 Å². The molecule has 2 aromatic rings. The molecule has 0 saturated heterocycles. The Morgan fingerprint density at radius 2 is 2.09 bits per heavy atom. The number of rotatable bonds is 2. The van der Waals surface area contributed by atoms with Crippen molar-refractivity contribution in [2.75, 3.05) is 0 Å². The Morgan fingerprint density at radius 1 is 1.27 bits per heavy atom. The number of ether oxygens (including phenoxy) is 1. The number of nitrogens with zero attached hydrogens (tertiary/aromatic N) is 2. The van der Waals surface area contributed by atoms with Gasteiger partial charge in [0.15, 0.2) is 0 Å². The number of carbonyl (C=O) groups is 1. The van der Waals surface area contributed by atoms with E-state index < -0.39 is 0 Å². The molecule has 2 heterocycles. The topological polar surface area (TPSA) is 61.2 Å². The summed E-state index contributed by atoms with van der Waals surface area (Å²) in [6.07, 6.45) is 3.82. The molecule has 1 aromatic carbocycles. The van der Waals surface area contributed by atoms with E-state index in [1.807, 2.05) is 13.8 Å². The molecule has 0 N–H and O–H groups in total. The van der Waals surface area contributed by atoms with Crippen molar-refractivity contribution in [3.63, 3.8) is 0 Å². The predicted molar refractivity (Wildman–Crippen MR) is 84.1 cm³/mol. The monoisotopic (exact) mass is 300 g/mol. The third-order valence-electron chi connectivity index (χ3n) is 3.89. The van der Waals surface area contributed by atoms with Crippen LogP contribution in [0.25, 0.3) is 10.9 Å². The fourth-order valence-corrected chi connectivity index (χ4v) is 2.83. The molecule has 0 saturated carbocycles. The predicted octanol–water partition coefficient (Wildman–Crippen LogP) is 2.69. The van der Waals surface area contributed by atoms with Crippen molar-refractivity contribution in [3.8, 4) is 0 Å². The Balaban J connectivity index is 2.09. The van der Waals surface area contributed by atoms with E-state index in [-0.39, 0.29) is 17.6 Å². The number of aryl methyl sites for hydroxylation is 1. The van der Waals surface area contributed by atoms with E-state index in [4.69, 9.17) is 4.74 Å². The smallest absolute Gasteiger partial charge is 0.338 e. The molecule has 0 spiro atoms. The van der Waals surface area contributed by atoms with E-state index in [1.54, 1.807) is 22.8 Å². The van der Waals surface area contributed by atoms with Crippen LogP contribution in [0.5, 0.6) is 0 Å². The highest BCUT2D eigenvalue weighted by Crippen LogP contribution is 2.17. The molecule has 0 unspecified atom stereocenters. The van der Waals surface area contributed by atoms with Gasteiger partial charge in [0.1, 0.15) is 5.82 Å². The number of hydrogen-bond acceptors (Lipinski definition) is 4. The number of hydrogen-bond donors (Lipinski definition) is 0. The van der Waals surface area contributed by atoms with E-state index in [2.05, 4.69) is 4.98 Å². The lowest BCUT2D eigenvalue weighted by molar-refractivity contribution is 0.0378. The number of benzene rings is 1. The van der Waals surface area contributed by atoms with E-state index in [0.29, 0.717) is 16.5 Å². The Hall–Kier alpha value is -2.17. The van der Waals surface area contributed by atoms with Crippen molar-refractivity contribution in [1.29, 1.82) is 0 Å². The summed E-state index contributed by atoms with van der Waals surface area (Å²) in [7, 11) is 0. The minimum atomic E-state index is -0.381. The standard InChI is InChI=1S/C17H20N2O3/c1-11(2)22-17(21)12-7-8-13-14(10-12)18-15-6-4-3-5-9-19(15)16(13)20/h7-8,10-11H,3-6,9H2,1-2H3. The maximum absolute atomic E-state index is 12.6. The van der Waals surface area contributed by atoms with Crippen LogP contribution in [0.3, 0.4) is 0 Å². The first-order valence-corrected chi connectivity index (χ1v) is 7.81. The third kappa shape index (κ3) is 2.75. The zero-order chi connectivity index (χ0) is 15.7. The summed E-state index contributed by atoms with van der Waals surface area (Å²) in [6, 6.07) is 4.98. The zero-order valence-electron chi connectivity index (χ0n) is 13.0. The minimum Gasteiger partial charge on any atom is -0.459 e. The van der Waals surface area contributed by atoms with Crippen molar-refractivity contribution in [1.82, 2.24) is 9.55 Å². The first kappa shape index (κ1) is 14.8. The van der Waals surface area contributed by atoms with Gasteiger partial charge in [-0.1, -0.05) is 6.42 Å². The summed E-state index contributed by atoms with van der Waals surface area (Å²) in [5.41, 5.74) is 1.01. The molecular formula is C17H20N2O3. The third-order valence-corrected chi connectivity index (χ3v) is 3.89. The van der Waals surface area contributed by atoms with Crippen LogP contribution in [0.4, 0.5) is 0 Å². The van der Waals surface area contributed by atoms with Gasteiger partial charge in [0.25, 0.3) is 5.56 Å². The molecule has 1 aliphatic rings. The SMILES string of the molecule is CC(C)OC(=O)c1ccc2c(=O)n3c(nc2c1)CCCCC3. The van der Waals surface area contributed by atoms with Gasteiger partial charge in [-0.25, -0.2) is 9.78 Å². The lowest BCUT2D eigenvalue weighted by Gasteiger charge is -2.11. The van der Waals surface area contributed by atoms with Gasteiger partial charge in [0, 0.05) is 13.0 Å². The summed E-state index contributed by atoms with van der Waals surface area (Å²) >= 11 is 0. The molecular weight excluding hydrogens is 280 g/mol. The van der Waals surface area contributed by atoms with Crippen LogP contribution in [0, 0.1) is 0 Å². The van der Waals surface area contributed by atoms with Crippen molar-refractivity contribution >= 4 is 16.9 Å². The van der Waals surface area contributed by atoms with Gasteiger partial charge in [-0.05, 0) is 44.9 Å². The maximum atomic E-state index is 12.6. The fourth-order valence-electron chi connectivity index (χ4n) is 2.83. The molecule has 5 heteroatoms. The molecule has 1 aromatic heterocycles. The highest BCUT2D eigenvalue weighted by atomic mass is 16.5. The lowest BCUT2D eigenvalue weighted by atomic mass is 10.1. The number of carbonyl (C=O) groups excluding carboxylic acids is 1.